The summed E-state index contributed by atoms with van der Waals surface area (Å²) in [6.07, 6.45) is -1.22. The maximum Gasteiger partial charge on any atom is 0.433 e. The Morgan fingerprint density at radius 2 is 2.08 bits per heavy atom. The van der Waals surface area contributed by atoms with Crippen LogP contribution in [0.1, 0.15) is 21.9 Å². The van der Waals surface area contributed by atoms with Gasteiger partial charge in [0.1, 0.15) is 5.69 Å². The van der Waals surface area contributed by atoms with Crippen LogP contribution in [-0.2, 0) is 12.7 Å². The van der Waals surface area contributed by atoms with Gasteiger partial charge in [-0.3, -0.25) is 9.48 Å². The van der Waals surface area contributed by atoms with Crippen molar-refractivity contribution in [3.63, 3.8) is 0 Å². The third kappa shape index (κ3) is 3.47. The van der Waals surface area contributed by atoms with Crippen LogP contribution in [0.5, 0.6) is 0 Å². The summed E-state index contributed by atoms with van der Waals surface area (Å²) >= 11 is 0. The number of carbonyl (C=O) groups is 1. The van der Waals surface area contributed by atoms with Gasteiger partial charge < -0.3 is 4.90 Å². The number of carbonyl (C=O) groups excluding carboxylic acids is 1. The number of halogens is 3. The summed E-state index contributed by atoms with van der Waals surface area (Å²) in [5.41, 5.74) is -0.873. The largest absolute Gasteiger partial charge is 0.433 e. The van der Waals surface area contributed by atoms with E-state index in [0.29, 0.717) is 17.6 Å². The van der Waals surface area contributed by atoms with Crippen LogP contribution in [0.15, 0.2) is 30.6 Å². The number of aryl methyl sites for hydroxylation is 1. The second kappa shape index (κ2) is 6.19. The highest BCUT2D eigenvalue weighted by molar-refractivity contribution is 5.93. The van der Waals surface area contributed by atoms with E-state index in [4.69, 9.17) is 0 Å². The molecule has 3 aromatic heterocycles. The minimum Gasteiger partial charge on any atom is -0.338 e. The highest BCUT2D eigenvalue weighted by Crippen LogP contribution is 2.29. The van der Waals surface area contributed by atoms with Crippen molar-refractivity contribution in [2.45, 2.75) is 19.6 Å². The Hall–Kier alpha value is -2.91. The molecule has 3 heterocycles. The van der Waals surface area contributed by atoms with E-state index >= 15 is 0 Å². The van der Waals surface area contributed by atoms with E-state index in [1.165, 1.54) is 17.9 Å². The zero-order chi connectivity index (χ0) is 18.2. The Bertz CT molecular complexity index is 900. The van der Waals surface area contributed by atoms with Gasteiger partial charge in [-0.15, -0.1) is 0 Å². The normalized spacial score (nSPS) is 11.9. The minimum atomic E-state index is -4.59. The predicted octanol–water partition coefficient (Wildman–Crippen LogP) is 2.03. The van der Waals surface area contributed by atoms with Gasteiger partial charge in [-0.25, -0.2) is 9.50 Å². The number of hydrogen-bond acceptors (Lipinski definition) is 4. The lowest BCUT2D eigenvalue weighted by atomic mass is 10.3. The molecule has 0 aliphatic rings. The van der Waals surface area contributed by atoms with Crippen molar-refractivity contribution in [1.29, 1.82) is 0 Å². The zero-order valence-corrected chi connectivity index (χ0v) is 13.5. The third-order valence-electron chi connectivity index (χ3n) is 3.64. The monoisotopic (exact) mass is 352 g/mol. The van der Waals surface area contributed by atoms with Crippen LogP contribution in [0.4, 0.5) is 13.2 Å². The van der Waals surface area contributed by atoms with Crippen molar-refractivity contribution >= 4 is 11.6 Å². The fourth-order valence-corrected chi connectivity index (χ4v) is 2.39. The third-order valence-corrected chi connectivity index (χ3v) is 3.64. The van der Waals surface area contributed by atoms with E-state index in [1.54, 1.807) is 30.2 Å². The molecule has 132 valence electrons. The van der Waals surface area contributed by atoms with Crippen molar-refractivity contribution in [2.24, 2.45) is 0 Å². The molecular weight excluding hydrogens is 337 g/mol. The number of aromatic nitrogens is 5. The number of nitrogens with zero attached hydrogens (tertiary/aromatic N) is 6. The molecule has 3 rings (SSSR count). The van der Waals surface area contributed by atoms with Crippen molar-refractivity contribution in [3.05, 3.63) is 47.7 Å². The molecule has 0 aromatic carbocycles. The summed E-state index contributed by atoms with van der Waals surface area (Å²) in [5.74, 6) is -0.483. The number of amides is 1. The standard InChI is InChI=1S/C15H15F3N6O/c1-10-8-12(15(16,17)18)24-13(20-10)9-11(21-24)14(25)22(2)6-7-23-5-3-4-19-23/h3-5,8-9H,6-7H2,1-2H3. The lowest BCUT2D eigenvalue weighted by Gasteiger charge is -2.15. The predicted molar refractivity (Wildman–Crippen MR) is 81.9 cm³/mol. The number of fused-ring (bicyclic) bond motifs is 1. The summed E-state index contributed by atoms with van der Waals surface area (Å²) in [6, 6.07) is 3.92. The first-order valence-corrected chi connectivity index (χ1v) is 7.43. The number of alkyl halides is 3. The van der Waals surface area contributed by atoms with Gasteiger partial charge in [0.2, 0.25) is 0 Å². The van der Waals surface area contributed by atoms with Gasteiger partial charge >= 0.3 is 6.18 Å². The summed E-state index contributed by atoms with van der Waals surface area (Å²) in [4.78, 5) is 17.8. The first-order valence-electron chi connectivity index (χ1n) is 7.43. The van der Waals surface area contributed by atoms with Gasteiger partial charge in [-0.1, -0.05) is 0 Å². The molecule has 0 radical (unpaired) electrons. The van der Waals surface area contributed by atoms with Gasteiger partial charge in [0, 0.05) is 37.7 Å². The molecule has 0 N–H and O–H groups in total. The second-order valence-corrected chi connectivity index (χ2v) is 5.58. The molecule has 0 saturated carbocycles. The SMILES string of the molecule is Cc1cc(C(F)(F)F)n2nc(C(=O)N(C)CCn3cccn3)cc2n1. The summed E-state index contributed by atoms with van der Waals surface area (Å²) < 4.78 is 41.8. The Morgan fingerprint density at radius 3 is 2.72 bits per heavy atom. The van der Waals surface area contributed by atoms with Gasteiger partial charge in [-0.2, -0.15) is 23.4 Å². The van der Waals surface area contributed by atoms with Crippen LogP contribution in [0, 0.1) is 6.92 Å². The Labute approximate surface area is 140 Å². The van der Waals surface area contributed by atoms with Gasteiger partial charge in [0.05, 0.1) is 6.54 Å². The molecule has 0 atom stereocenters. The molecule has 0 bridgehead atoms. The smallest absolute Gasteiger partial charge is 0.338 e. The first kappa shape index (κ1) is 16.9. The molecule has 0 saturated heterocycles. The van der Waals surface area contributed by atoms with E-state index in [2.05, 4.69) is 15.2 Å². The van der Waals surface area contributed by atoms with E-state index in [0.717, 1.165) is 6.07 Å². The molecule has 1 amide bonds. The average molecular weight is 352 g/mol. The van der Waals surface area contributed by atoms with Crippen molar-refractivity contribution in [2.75, 3.05) is 13.6 Å². The van der Waals surface area contributed by atoms with Crippen molar-refractivity contribution < 1.29 is 18.0 Å². The molecule has 0 aliphatic carbocycles. The molecule has 0 fully saturated rings. The lowest BCUT2D eigenvalue weighted by molar-refractivity contribution is -0.142. The summed E-state index contributed by atoms with van der Waals surface area (Å²) in [5, 5.41) is 7.83. The Morgan fingerprint density at radius 1 is 1.32 bits per heavy atom. The lowest BCUT2D eigenvalue weighted by Crippen LogP contribution is -2.30. The van der Waals surface area contributed by atoms with Crippen LogP contribution in [0.3, 0.4) is 0 Å². The second-order valence-electron chi connectivity index (χ2n) is 5.58. The molecule has 7 nitrogen and oxygen atoms in total. The number of likely N-dealkylation sites (N-methyl/N-ethyl adjacent to an activating group) is 1. The zero-order valence-electron chi connectivity index (χ0n) is 13.5. The topological polar surface area (TPSA) is 68.3 Å². The van der Waals surface area contributed by atoms with Gasteiger partial charge in [0.15, 0.2) is 11.3 Å². The van der Waals surface area contributed by atoms with Crippen LogP contribution in [-0.4, -0.2) is 48.8 Å². The van der Waals surface area contributed by atoms with Crippen molar-refractivity contribution in [1.82, 2.24) is 29.3 Å². The van der Waals surface area contributed by atoms with E-state index in [1.807, 2.05) is 0 Å². The highest BCUT2D eigenvalue weighted by Gasteiger charge is 2.35. The first-order chi connectivity index (χ1) is 11.8. The van der Waals surface area contributed by atoms with Gasteiger partial charge in [0.25, 0.3) is 5.91 Å². The van der Waals surface area contributed by atoms with E-state index in [9.17, 15) is 18.0 Å². The molecule has 0 spiro atoms. The maximum atomic E-state index is 13.2. The maximum absolute atomic E-state index is 13.2. The van der Waals surface area contributed by atoms with Crippen LogP contribution >= 0.6 is 0 Å². The summed E-state index contributed by atoms with van der Waals surface area (Å²) in [7, 11) is 1.55. The molecule has 3 aromatic rings. The quantitative estimate of drug-likeness (QED) is 0.720. The molecular formula is C15H15F3N6O. The fourth-order valence-electron chi connectivity index (χ4n) is 2.39. The fraction of sp³-hybridized carbons (Fsp3) is 0.333. The molecule has 0 aliphatic heterocycles. The number of hydrogen-bond donors (Lipinski definition) is 0. The van der Waals surface area contributed by atoms with Crippen LogP contribution in [0.25, 0.3) is 5.65 Å². The van der Waals surface area contributed by atoms with Crippen LogP contribution in [0.2, 0.25) is 0 Å². The highest BCUT2D eigenvalue weighted by atomic mass is 19.4. The molecule has 0 unspecified atom stereocenters. The van der Waals surface area contributed by atoms with Crippen LogP contribution < -0.4 is 0 Å². The Balaban J connectivity index is 1.86. The number of rotatable bonds is 4. The average Bonchev–Trinajstić information content (AvgIpc) is 3.19. The van der Waals surface area contributed by atoms with Crippen molar-refractivity contribution in [3.8, 4) is 0 Å². The molecule has 10 heteroatoms. The van der Waals surface area contributed by atoms with E-state index in [-0.39, 0.29) is 17.0 Å². The van der Waals surface area contributed by atoms with Gasteiger partial charge in [-0.05, 0) is 19.1 Å². The minimum absolute atomic E-state index is 0.0175. The molecule has 25 heavy (non-hydrogen) atoms. The summed E-state index contributed by atoms with van der Waals surface area (Å²) in [6.45, 7) is 2.26. The Kier molecular flexibility index (Phi) is 4.19. The van der Waals surface area contributed by atoms with E-state index < -0.39 is 17.8 Å².